The van der Waals surface area contributed by atoms with Crippen LogP contribution in [0.3, 0.4) is 0 Å². The van der Waals surface area contributed by atoms with E-state index in [-0.39, 0.29) is 12.5 Å². The van der Waals surface area contributed by atoms with Crippen LogP contribution < -0.4 is 5.32 Å². The van der Waals surface area contributed by atoms with Crippen LogP contribution in [0.2, 0.25) is 0 Å². The van der Waals surface area contributed by atoms with Gasteiger partial charge in [0, 0.05) is 6.42 Å². The lowest BCUT2D eigenvalue weighted by molar-refractivity contribution is -0.123. The Hall–Kier alpha value is -0.610. The molecule has 1 amide bonds. The van der Waals surface area contributed by atoms with Crippen molar-refractivity contribution in [3.8, 4) is 0 Å². The number of nitrogens with one attached hydrogen (secondary N) is 1. The molecule has 0 saturated carbocycles. The summed E-state index contributed by atoms with van der Waals surface area (Å²) in [5, 5.41) is 23.0. The molecule has 0 aromatic heterocycles. The summed E-state index contributed by atoms with van der Waals surface area (Å²) in [6, 6.07) is -0.527. The molecule has 3 N–H and O–H groups in total. The fraction of sp³-hybridized carbons (Fsp3) is 0.972. The van der Waals surface area contributed by atoms with Crippen LogP contribution in [-0.2, 0) is 4.79 Å². The predicted octanol–water partition coefficient (Wildman–Crippen LogP) is 10.6. The van der Waals surface area contributed by atoms with Gasteiger partial charge in [0.15, 0.2) is 0 Å². The topological polar surface area (TPSA) is 69.6 Å². The van der Waals surface area contributed by atoms with E-state index in [9.17, 15) is 15.0 Å². The standard InChI is InChI=1S/C36H73NO3/c1-3-5-7-9-11-13-15-16-17-18-19-20-22-23-25-27-29-31-35(39)34(33-38)37-36(40)32-30-28-26-24-21-14-12-10-8-6-4-2/h34-35,38-39H,3-33H2,1-2H3,(H,37,40). The van der Waals surface area contributed by atoms with E-state index in [0.717, 1.165) is 25.7 Å². The van der Waals surface area contributed by atoms with Gasteiger partial charge in [0.1, 0.15) is 0 Å². The van der Waals surface area contributed by atoms with Crippen LogP contribution in [0.5, 0.6) is 0 Å². The number of amides is 1. The monoisotopic (exact) mass is 568 g/mol. The Balaban J connectivity index is 3.51. The molecular weight excluding hydrogens is 494 g/mol. The molecule has 0 aliphatic heterocycles. The molecule has 0 fully saturated rings. The van der Waals surface area contributed by atoms with Crippen molar-refractivity contribution in [1.29, 1.82) is 0 Å². The van der Waals surface area contributed by atoms with E-state index in [1.54, 1.807) is 0 Å². The Morgan fingerprint density at radius 3 is 1.12 bits per heavy atom. The number of unbranched alkanes of at least 4 members (excludes halogenated alkanes) is 26. The van der Waals surface area contributed by atoms with E-state index >= 15 is 0 Å². The van der Waals surface area contributed by atoms with Crippen LogP contribution in [0.4, 0.5) is 0 Å². The minimum Gasteiger partial charge on any atom is -0.394 e. The average Bonchev–Trinajstić information content (AvgIpc) is 2.96. The Morgan fingerprint density at radius 2 is 0.800 bits per heavy atom. The lowest BCUT2D eigenvalue weighted by Gasteiger charge is -2.22. The Bertz CT molecular complexity index is 498. The van der Waals surface area contributed by atoms with E-state index in [1.165, 1.54) is 154 Å². The van der Waals surface area contributed by atoms with Crippen molar-refractivity contribution in [2.24, 2.45) is 0 Å². The SMILES string of the molecule is CCCCCCCCCCCCCCCCCCCC(O)C(CO)NC(=O)CCCCCCCCCCCCC. The summed E-state index contributed by atoms with van der Waals surface area (Å²) in [6.45, 7) is 4.35. The number of aliphatic hydroxyl groups is 2. The van der Waals surface area contributed by atoms with Gasteiger partial charge < -0.3 is 15.5 Å². The van der Waals surface area contributed by atoms with Crippen LogP contribution in [0, 0.1) is 0 Å². The van der Waals surface area contributed by atoms with Gasteiger partial charge in [-0.3, -0.25) is 4.79 Å². The lowest BCUT2D eigenvalue weighted by atomic mass is 10.0. The zero-order valence-electron chi connectivity index (χ0n) is 27.4. The Kier molecular flexibility index (Phi) is 32.4. The molecule has 0 bridgehead atoms. The van der Waals surface area contributed by atoms with Gasteiger partial charge >= 0.3 is 0 Å². The number of aliphatic hydroxyl groups excluding tert-OH is 2. The van der Waals surface area contributed by atoms with Gasteiger partial charge in [-0.25, -0.2) is 0 Å². The first kappa shape index (κ1) is 39.4. The maximum atomic E-state index is 12.3. The first-order chi connectivity index (χ1) is 19.7. The zero-order valence-corrected chi connectivity index (χ0v) is 27.4. The normalized spacial score (nSPS) is 13.0. The van der Waals surface area contributed by atoms with E-state index in [1.807, 2.05) is 0 Å². The van der Waals surface area contributed by atoms with Gasteiger partial charge in [-0.05, 0) is 12.8 Å². The van der Waals surface area contributed by atoms with Crippen molar-refractivity contribution in [2.75, 3.05) is 6.61 Å². The van der Waals surface area contributed by atoms with Crippen molar-refractivity contribution >= 4 is 5.91 Å². The number of carbonyl (C=O) groups excluding carboxylic acids is 1. The van der Waals surface area contributed by atoms with Crippen LogP contribution in [0.1, 0.15) is 206 Å². The van der Waals surface area contributed by atoms with Crippen molar-refractivity contribution in [1.82, 2.24) is 5.32 Å². The van der Waals surface area contributed by atoms with E-state index < -0.39 is 12.1 Å². The molecule has 0 aromatic carbocycles. The van der Waals surface area contributed by atoms with E-state index in [4.69, 9.17) is 0 Å². The molecule has 240 valence electrons. The fourth-order valence-corrected chi connectivity index (χ4v) is 5.77. The highest BCUT2D eigenvalue weighted by Gasteiger charge is 2.19. The van der Waals surface area contributed by atoms with E-state index in [2.05, 4.69) is 19.2 Å². The van der Waals surface area contributed by atoms with Crippen LogP contribution in [0.15, 0.2) is 0 Å². The summed E-state index contributed by atoms with van der Waals surface area (Å²) in [6.07, 6.45) is 37.3. The third-order valence-electron chi connectivity index (χ3n) is 8.62. The highest BCUT2D eigenvalue weighted by atomic mass is 16.3. The molecule has 0 radical (unpaired) electrons. The molecule has 0 saturated heterocycles. The number of hydrogen-bond acceptors (Lipinski definition) is 3. The van der Waals surface area contributed by atoms with Gasteiger partial charge in [-0.1, -0.05) is 187 Å². The summed E-state index contributed by atoms with van der Waals surface area (Å²) in [4.78, 5) is 12.3. The van der Waals surface area contributed by atoms with Gasteiger partial charge in [0.2, 0.25) is 5.91 Å². The molecule has 0 aliphatic rings. The summed E-state index contributed by atoms with van der Waals surface area (Å²) in [7, 11) is 0. The van der Waals surface area contributed by atoms with Crippen LogP contribution >= 0.6 is 0 Å². The van der Waals surface area contributed by atoms with Crippen LogP contribution in [0.25, 0.3) is 0 Å². The summed E-state index contributed by atoms with van der Waals surface area (Å²) >= 11 is 0. The zero-order chi connectivity index (χ0) is 29.4. The number of hydrogen-bond donors (Lipinski definition) is 3. The summed E-state index contributed by atoms with van der Waals surface area (Å²) in [5.74, 6) is -0.0311. The molecule has 40 heavy (non-hydrogen) atoms. The second kappa shape index (κ2) is 32.9. The molecule has 0 aliphatic carbocycles. The number of rotatable bonds is 33. The van der Waals surface area contributed by atoms with E-state index in [0.29, 0.717) is 12.8 Å². The number of carbonyl (C=O) groups is 1. The van der Waals surface area contributed by atoms with Gasteiger partial charge in [-0.15, -0.1) is 0 Å². The Morgan fingerprint density at radius 1 is 0.500 bits per heavy atom. The summed E-state index contributed by atoms with van der Waals surface area (Å²) in [5.41, 5.74) is 0. The lowest BCUT2D eigenvalue weighted by Crippen LogP contribution is -2.45. The molecule has 2 unspecified atom stereocenters. The average molecular weight is 568 g/mol. The molecule has 0 aromatic rings. The third kappa shape index (κ3) is 28.9. The predicted molar refractivity (Wildman–Crippen MR) is 175 cm³/mol. The molecule has 0 heterocycles. The molecule has 4 nitrogen and oxygen atoms in total. The molecule has 4 heteroatoms. The highest BCUT2D eigenvalue weighted by molar-refractivity contribution is 5.76. The van der Waals surface area contributed by atoms with Gasteiger partial charge in [-0.2, -0.15) is 0 Å². The van der Waals surface area contributed by atoms with Gasteiger partial charge in [0.05, 0.1) is 18.8 Å². The fourth-order valence-electron chi connectivity index (χ4n) is 5.77. The largest absolute Gasteiger partial charge is 0.394 e. The first-order valence-electron chi connectivity index (χ1n) is 18.2. The van der Waals surface area contributed by atoms with Crippen molar-refractivity contribution < 1.29 is 15.0 Å². The molecular formula is C36H73NO3. The van der Waals surface area contributed by atoms with Gasteiger partial charge in [0.25, 0.3) is 0 Å². The van der Waals surface area contributed by atoms with Crippen molar-refractivity contribution in [2.45, 2.75) is 219 Å². The highest BCUT2D eigenvalue weighted by Crippen LogP contribution is 2.16. The molecule has 2 atom stereocenters. The molecule has 0 rings (SSSR count). The third-order valence-corrected chi connectivity index (χ3v) is 8.62. The second-order valence-corrected chi connectivity index (χ2v) is 12.7. The van der Waals surface area contributed by atoms with Crippen molar-refractivity contribution in [3.05, 3.63) is 0 Å². The maximum Gasteiger partial charge on any atom is 0.220 e. The second-order valence-electron chi connectivity index (χ2n) is 12.7. The Labute approximate surface area is 251 Å². The maximum absolute atomic E-state index is 12.3. The smallest absolute Gasteiger partial charge is 0.220 e. The quantitative estimate of drug-likeness (QED) is 0.0691. The van der Waals surface area contributed by atoms with Crippen molar-refractivity contribution in [3.63, 3.8) is 0 Å². The van der Waals surface area contributed by atoms with Crippen LogP contribution in [-0.4, -0.2) is 34.9 Å². The minimum atomic E-state index is -0.650. The first-order valence-corrected chi connectivity index (χ1v) is 18.2. The molecule has 0 spiro atoms. The summed E-state index contributed by atoms with van der Waals surface area (Å²) < 4.78 is 0. The minimum absolute atomic E-state index is 0.0311.